The lowest BCUT2D eigenvalue weighted by atomic mass is 9.99. The van der Waals surface area contributed by atoms with Gasteiger partial charge < -0.3 is 10.2 Å². The Morgan fingerprint density at radius 3 is 2.65 bits per heavy atom. The zero-order chi connectivity index (χ0) is 18.5. The monoisotopic (exact) mass is 370 g/mol. The summed E-state index contributed by atoms with van der Waals surface area (Å²) in [6, 6.07) is 16.1. The average molecular weight is 371 g/mol. The van der Waals surface area contributed by atoms with Crippen molar-refractivity contribution in [3.63, 3.8) is 0 Å². The van der Waals surface area contributed by atoms with E-state index in [1.165, 1.54) is 5.56 Å². The van der Waals surface area contributed by atoms with Crippen molar-refractivity contribution in [2.45, 2.75) is 25.1 Å². The molecule has 2 unspecified atom stereocenters. The highest BCUT2D eigenvalue weighted by Gasteiger charge is 2.28. The number of aryl methyl sites for hydroxylation is 1. The van der Waals surface area contributed by atoms with Crippen molar-refractivity contribution in [1.29, 1.82) is 0 Å². The van der Waals surface area contributed by atoms with Crippen LogP contribution in [0.15, 0.2) is 48.5 Å². The lowest BCUT2D eigenvalue weighted by Gasteiger charge is -2.36. The van der Waals surface area contributed by atoms with E-state index in [0.717, 1.165) is 30.6 Å². The Labute approximate surface area is 158 Å². The normalized spacial score (nSPS) is 18.5. The van der Waals surface area contributed by atoms with E-state index < -0.39 is 10.8 Å². The van der Waals surface area contributed by atoms with Crippen LogP contribution in [-0.2, 0) is 23.0 Å². The summed E-state index contributed by atoms with van der Waals surface area (Å²) < 4.78 is 11.5. The second-order valence-corrected chi connectivity index (χ2v) is 8.17. The molecule has 138 valence electrons. The van der Waals surface area contributed by atoms with E-state index in [1.807, 2.05) is 29.2 Å². The standard InChI is InChI=1S/C21H26N2O2S/c1-3-16-7-9-18(10-8-16)20-14-22-11-12-23(20)21(24)19-6-4-5-17(13-19)15-26(2)25/h4-10,13,20,22H,3,11-12,14-15H2,1-2H3. The van der Waals surface area contributed by atoms with Gasteiger partial charge in [-0.1, -0.05) is 43.3 Å². The van der Waals surface area contributed by atoms with E-state index in [0.29, 0.717) is 17.9 Å². The average Bonchev–Trinajstić information content (AvgIpc) is 2.67. The first-order valence-corrected chi connectivity index (χ1v) is 10.8. The first kappa shape index (κ1) is 18.8. The zero-order valence-corrected chi connectivity index (χ0v) is 16.2. The van der Waals surface area contributed by atoms with Crippen LogP contribution < -0.4 is 5.32 Å². The highest BCUT2D eigenvalue weighted by molar-refractivity contribution is 7.83. The molecule has 0 radical (unpaired) electrons. The fraction of sp³-hybridized carbons (Fsp3) is 0.381. The number of rotatable bonds is 5. The SMILES string of the molecule is CCc1ccc(C2CNCCN2C(=O)c2cccc(CS(C)=O)c2)cc1. The van der Waals surface area contributed by atoms with Crippen molar-refractivity contribution in [3.8, 4) is 0 Å². The van der Waals surface area contributed by atoms with E-state index in [2.05, 4.69) is 36.5 Å². The predicted octanol–water partition coefficient (Wildman–Crippen LogP) is 2.91. The fourth-order valence-corrected chi connectivity index (χ4v) is 4.06. The number of carbonyl (C=O) groups is 1. The molecule has 1 heterocycles. The van der Waals surface area contributed by atoms with Gasteiger partial charge in [-0.2, -0.15) is 0 Å². The lowest BCUT2D eigenvalue weighted by Crippen LogP contribution is -2.48. The molecule has 1 amide bonds. The molecule has 1 fully saturated rings. The zero-order valence-electron chi connectivity index (χ0n) is 15.4. The second-order valence-electron chi connectivity index (χ2n) is 6.73. The Kier molecular flexibility index (Phi) is 6.22. The maximum Gasteiger partial charge on any atom is 0.254 e. The molecule has 1 saturated heterocycles. The molecular weight excluding hydrogens is 344 g/mol. The fourth-order valence-electron chi connectivity index (χ4n) is 3.42. The molecule has 1 N–H and O–H groups in total. The molecule has 26 heavy (non-hydrogen) atoms. The van der Waals surface area contributed by atoms with Crippen LogP contribution in [0.25, 0.3) is 0 Å². The molecule has 0 aliphatic carbocycles. The van der Waals surface area contributed by atoms with Crippen LogP contribution in [-0.4, -0.2) is 40.9 Å². The molecule has 5 heteroatoms. The van der Waals surface area contributed by atoms with Crippen LogP contribution in [0.1, 0.15) is 40.0 Å². The summed E-state index contributed by atoms with van der Waals surface area (Å²) in [5, 5.41) is 3.40. The minimum atomic E-state index is -0.918. The Morgan fingerprint density at radius 1 is 1.19 bits per heavy atom. The third-order valence-electron chi connectivity index (χ3n) is 4.82. The number of piperazine rings is 1. The summed E-state index contributed by atoms with van der Waals surface area (Å²) in [4.78, 5) is 15.1. The van der Waals surface area contributed by atoms with Gasteiger partial charge in [-0.05, 0) is 35.2 Å². The number of hydrogen-bond donors (Lipinski definition) is 1. The maximum atomic E-state index is 13.2. The Morgan fingerprint density at radius 2 is 1.96 bits per heavy atom. The molecule has 3 rings (SSSR count). The summed E-state index contributed by atoms with van der Waals surface area (Å²) in [5.74, 6) is 0.518. The molecule has 0 spiro atoms. The first-order valence-electron chi connectivity index (χ1n) is 9.08. The molecule has 1 aliphatic rings. The van der Waals surface area contributed by atoms with Crippen molar-refractivity contribution in [3.05, 3.63) is 70.8 Å². The van der Waals surface area contributed by atoms with E-state index in [9.17, 15) is 9.00 Å². The summed E-state index contributed by atoms with van der Waals surface area (Å²) in [6.45, 7) is 4.39. The Balaban J connectivity index is 1.84. The number of nitrogens with one attached hydrogen (secondary N) is 1. The van der Waals surface area contributed by atoms with Crippen LogP contribution >= 0.6 is 0 Å². The third kappa shape index (κ3) is 4.40. The highest BCUT2D eigenvalue weighted by atomic mass is 32.2. The minimum absolute atomic E-state index is 0.0334. The molecule has 2 aromatic rings. The molecule has 0 bridgehead atoms. The van der Waals surface area contributed by atoms with Crippen molar-refractivity contribution < 1.29 is 9.00 Å². The van der Waals surface area contributed by atoms with Crippen molar-refractivity contribution in [1.82, 2.24) is 10.2 Å². The summed E-state index contributed by atoms with van der Waals surface area (Å²) in [6.07, 6.45) is 2.69. The largest absolute Gasteiger partial charge is 0.329 e. The van der Waals surface area contributed by atoms with Gasteiger partial charge in [0.25, 0.3) is 5.91 Å². The summed E-state index contributed by atoms with van der Waals surface area (Å²) in [5.41, 5.74) is 4.07. The van der Waals surface area contributed by atoms with Gasteiger partial charge in [-0.3, -0.25) is 9.00 Å². The maximum absolute atomic E-state index is 13.2. The second kappa shape index (κ2) is 8.60. The van der Waals surface area contributed by atoms with E-state index in [-0.39, 0.29) is 11.9 Å². The van der Waals surface area contributed by atoms with Gasteiger partial charge in [-0.15, -0.1) is 0 Å². The first-order chi connectivity index (χ1) is 12.6. The smallest absolute Gasteiger partial charge is 0.254 e. The molecular formula is C21H26N2O2S. The molecule has 0 aromatic heterocycles. The lowest BCUT2D eigenvalue weighted by molar-refractivity contribution is 0.0634. The van der Waals surface area contributed by atoms with Crippen LogP contribution in [0, 0.1) is 0 Å². The van der Waals surface area contributed by atoms with Gasteiger partial charge in [0.2, 0.25) is 0 Å². The molecule has 2 aromatic carbocycles. The van der Waals surface area contributed by atoms with Crippen molar-refractivity contribution in [2.75, 3.05) is 25.9 Å². The van der Waals surface area contributed by atoms with Crippen LogP contribution in [0.4, 0.5) is 0 Å². The van der Waals surface area contributed by atoms with Gasteiger partial charge in [-0.25, -0.2) is 0 Å². The minimum Gasteiger partial charge on any atom is -0.329 e. The van der Waals surface area contributed by atoms with Crippen LogP contribution in [0.2, 0.25) is 0 Å². The van der Waals surface area contributed by atoms with E-state index >= 15 is 0 Å². The van der Waals surface area contributed by atoms with E-state index in [1.54, 1.807) is 6.26 Å². The van der Waals surface area contributed by atoms with Crippen molar-refractivity contribution >= 4 is 16.7 Å². The molecule has 2 atom stereocenters. The Bertz CT molecular complexity index is 789. The van der Waals surface area contributed by atoms with Crippen LogP contribution in [0.5, 0.6) is 0 Å². The Hall–Kier alpha value is -1.98. The van der Waals surface area contributed by atoms with Crippen LogP contribution in [0.3, 0.4) is 0 Å². The van der Waals surface area contributed by atoms with Crippen molar-refractivity contribution in [2.24, 2.45) is 0 Å². The van der Waals surface area contributed by atoms with E-state index in [4.69, 9.17) is 0 Å². The number of amides is 1. The summed E-state index contributed by atoms with van der Waals surface area (Å²) in [7, 11) is -0.918. The van der Waals surface area contributed by atoms with Gasteiger partial charge in [0, 0.05) is 48.0 Å². The highest BCUT2D eigenvalue weighted by Crippen LogP contribution is 2.25. The van der Waals surface area contributed by atoms with Gasteiger partial charge in [0.05, 0.1) is 6.04 Å². The van der Waals surface area contributed by atoms with Gasteiger partial charge in [0.1, 0.15) is 0 Å². The molecule has 1 aliphatic heterocycles. The predicted molar refractivity (Wildman–Crippen MR) is 107 cm³/mol. The molecule has 4 nitrogen and oxygen atoms in total. The number of hydrogen-bond acceptors (Lipinski definition) is 3. The third-order valence-corrected chi connectivity index (χ3v) is 5.56. The number of nitrogens with zero attached hydrogens (tertiary/aromatic N) is 1. The number of carbonyl (C=O) groups excluding carboxylic acids is 1. The molecule has 0 saturated carbocycles. The summed E-state index contributed by atoms with van der Waals surface area (Å²) >= 11 is 0. The van der Waals surface area contributed by atoms with Gasteiger partial charge >= 0.3 is 0 Å². The quantitative estimate of drug-likeness (QED) is 0.880. The topological polar surface area (TPSA) is 49.4 Å². The number of benzene rings is 2. The van der Waals surface area contributed by atoms with Gasteiger partial charge in [0.15, 0.2) is 0 Å².